The lowest BCUT2D eigenvalue weighted by Gasteiger charge is -2.32. The molecule has 0 radical (unpaired) electrons. The highest BCUT2D eigenvalue weighted by molar-refractivity contribution is 5.29. The number of hydrogen-bond donors (Lipinski definition) is 0. The van der Waals surface area contributed by atoms with Crippen LogP contribution in [0.2, 0.25) is 0 Å². The number of anilines is 1. The maximum Gasteiger partial charge on any atom is 0.223 e. The normalized spacial score (nSPS) is 16.6. The average Bonchev–Trinajstić information content (AvgIpc) is 2.89. The molecule has 0 aliphatic carbocycles. The van der Waals surface area contributed by atoms with Crippen LogP contribution in [0.1, 0.15) is 24.0 Å². The molecule has 2 heterocycles. The molecule has 1 fully saturated rings. The largest absolute Gasteiger partial charge is 0.341 e. The third-order valence-electron chi connectivity index (χ3n) is 4.23. The first kappa shape index (κ1) is 13.2. The van der Waals surface area contributed by atoms with Crippen molar-refractivity contribution in [3.63, 3.8) is 0 Å². The summed E-state index contributed by atoms with van der Waals surface area (Å²) in [7, 11) is 1.96. The molecular weight excluding hydrogens is 248 g/mol. The molecule has 1 aromatic carbocycles. The van der Waals surface area contributed by atoms with E-state index in [1.165, 1.54) is 30.4 Å². The topological polar surface area (TPSA) is 34.0 Å². The van der Waals surface area contributed by atoms with E-state index in [9.17, 15) is 0 Å². The van der Waals surface area contributed by atoms with Crippen molar-refractivity contribution >= 4 is 5.95 Å². The summed E-state index contributed by atoms with van der Waals surface area (Å²) in [6.45, 7) is 4.31. The number of piperidine rings is 1. The molecule has 2 aromatic rings. The minimum absolute atomic E-state index is 0.794. The second-order valence-electron chi connectivity index (χ2n) is 5.80. The Bertz CT molecular complexity index is 550. The van der Waals surface area contributed by atoms with Crippen LogP contribution in [0.4, 0.5) is 5.95 Å². The molecule has 0 spiro atoms. The van der Waals surface area contributed by atoms with Gasteiger partial charge in [-0.2, -0.15) is 10.1 Å². The Morgan fingerprint density at radius 2 is 1.85 bits per heavy atom. The first-order valence-electron chi connectivity index (χ1n) is 7.37. The third kappa shape index (κ3) is 2.84. The summed E-state index contributed by atoms with van der Waals surface area (Å²) in [5, 5.41) is 4.15. The van der Waals surface area contributed by atoms with Gasteiger partial charge in [0.15, 0.2) is 0 Å². The summed E-state index contributed by atoms with van der Waals surface area (Å²) in [5.74, 6) is 1.79. The van der Waals surface area contributed by atoms with Gasteiger partial charge in [0.05, 0.1) is 0 Å². The zero-order valence-corrected chi connectivity index (χ0v) is 12.3. The van der Waals surface area contributed by atoms with Gasteiger partial charge in [-0.15, -0.1) is 0 Å². The van der Waals surface area contributed by atoms with Gasteiger partial charge in [-0.25, -0.2) is 4.68 Å². The summed E-state index contributed by atoms with van der Waals surface area (Å²) in [5.41, 5.74) is 2.80. The first-order valence-corrected chi connectivity index (χ1v) is 7.37. The predicted octanol–water partition coefficient (Wildman–Crippen LogP) is 2.58. The Balaban J connectivity index is 1.56. The molecule has 0 N–H and O–H groups in total. The number of hydrogen-bond acceptors (Lipinski definition) is 3. The quantitative estimate of drug-likeness (QED) is 0.859. The molecule has 1 aromatic heterocycles. The Morgan fingerprint density at radius 3 is 2.45 bits per heavy atom. The lowest BCUT2D eigenvalue weighted by atomic mass is 9.90. The molecule has 3 rings (SSSR count). The molecule has 20 heavy (non-hydrogen) atoms. The standard InChI is InChI=1S/C16H22N4/c1-13-3-5-14(6-4-13)11-15-7-9-20(10-8-15)16-17-12-18-19(16)2/h3-6,12,15H,7-11H2,1-2H3. The summed E-state index contributed by atoms with van der Waals surface area (Å²) in [6, 6.07) is 8.96. The van der Waals surface area contributed by atoms with E-state index in [1.54, 1.807) is 6.33 Å². The van der Waals surface area contributed by atoms with Gasteiger partial charge in [-0.3, -0.25) is 0 Å². The predicted molar refractivity (Wildman–Crippen MR) is 80.8 cm³/mol. The summed E-state index contributed by atoms with van der Waals surface area (Å²) >= 11 is 0. The number of rotatable bonds is 3. The number of nitrogens with zero attached hydrogens (tertiary/aromatic N) is 4. The van der Waals surface area contributed by atoms with Crippen LogP contribution in [0.5, 0.6) is 0 Å². The zero-order chi connectivity index (χ0) is 13.9. The highest BCUT2D eigenvalue weighted by Gasteiger charge is 2.21. The molecule has 1 aliphatic heterocycles. The van der Waals surface area contributed by atoms with Gasteiger partial charge in [0.25, 0.3) is 0 Å². The molecule has 4 heteroatoms. The zero-order valence-electron chi connectivity index (χ0n) is 12.3. The van der Waals surface area contributed by atoms with Crippen molar-refractivity contribution in [3.8, 4) is 0 Å². The fourth-order valence-corrected chi connectivity index (χ4v) is 2.97. The van der Waals surface area contributed by atoms with Crippen LogP contribution in [0, 0.1) is 12.8 Å². The van der Waals surface area contributed by atoms with Crippen molar-refractivity contribution in [1.29, 1.82) is 0 Å². The molecule has 0 unspecified atom stereocenters. The van der Waals surface area contributed by atoms with Gasteiger partial charge < -0.3 is 4.90 Å². The fourth-order valence-electron chi connectivity index (χ4n) is 2.97. The van der Waals surface area contributed by atoms with E-state index in [4.69, 9.17) is 0 Å². The highest BCUT2D eigenvalue weighted by atomic mass is 15.4. The minimum atomic E-state index is 0.794. The SMILES string of the molecule is Cc1ccc(CC2CCN(c3ncnn3C)CC2)cc1. The van der Waals surface area contributed by atoms with Crippen LogP contribution < -0.4 is 4.90 Å². The van der Waals surface area contributed by atoms with E-state index < -0.39 is 0 Å². The molecular formula is C16H22N4. The minimum Gasteiger partial charge on any atom is -0.341 e. The van der Waals surface area contributed by atoms with Gasteiger partial charge in [0.1, 0.15) is 6.33 Å². The summed E-state index contributed by atoms with van der Waals surface area (Å²) in [4.78, 5) is 6.68. The molecule has 0 saturated carbocycles. The van der Waals surface area contributed by atoms with E-state index in [1.807, 2.05) is 11.7 Å². The highest BCUT2D eigenvalue weighted by Crippen LogP contribution is 2.24. The van der Waals surface area contributed by atoms with Crippen LogP contribution in [0.25, 0.3) is 0 Å². The Hall–Kier alpha value is -1.84. The maximum absolute atomic E-state index is 4.34. The van der Waals surface area contributed by atoms with Crippen molar-refractivity contribution in [3.05, 3.63) is 41.7 Å². The summed E-state index contributed by atoms with van der Waals surface area (Å²) < 4.78 is 1.86. The molecule has 106 valence electrons. The van der Waals surface area contributed by atoms with Crippen LogP contribution in [-0.4, -0.2) is 27.9 Å². The lowest BCUT2D eigenvalue weighted by molar-refractivity contribution is 0.398. The van der Waals surface area contributed by atoms with Crippen LogP contribution in [-0.2, 0) is 13.5 Å². The smallest absolute Gasteiger partial charge is 0.223 e. The van der Waals surface area contributed by atoms with Crippen LogP contribution in [0.3, 0.4) is 0 Å². The second kappa shape index (κ2) is 5.65. The van der Waals surface area contributed by atoms with E-state index in [0.29, 0.717) is 0 Å². The average molecular weight is 270 g/mol. The molecule has 0 amide bonds. The first-order chi connectivity index (χ1) is 9.72. The summed E-state index contributed by atoms with van der Waals surface area (Å²) in [6.07, 6.45) is 5.31. The monoisotopic (exact) mass is 270 g/mol. The van der Waals surface area contributed by atoms with Gasteiger partial charge in [-0.05, 0) is 37.7 Å². The van der Waals surface area contributed by atoms with Crippen LogP contribution >= 0.6 is 0 Å². The van der Waals surface area contributed by atoms with Crippen molar-refractivity contribution in [2.75, 3.05) is 18.0 Å². The Morgan fingerprint density at radius 1 is 1.15 bits per heavy atom. The maximum atomic E-state index is 4.34. The van der Waals surface area contributed by atoms with E-state index in [2.05, 4.69) is 46.2 Å². The van der Waals surface area contributed by atoms with E-state index in [0.717, 1.165) is 25.0 Å². The van der Waals surface area contributed by atoms with Crippen molar-refractivity contribution in [2.45, 2.75) is 26.2 Å². The van der Waals surface area contributed by atoms with E-state index >= 15 is 0 Å². The third-order valence-corrected chi connectivity index (χ3v) is 4.23. The number of aromatic nitrogens is 3. The molecule has 1 aliphatic rings. The molecule has 1 saturated heterocycles. The lowest BCUT2D eigenvalue weighted by Crippen LogP contribution is -2.36. The number of aryl methyl sites for hydroxylation is 2. The van der Waals surface area contributed by atoms with Crippen molar-refractivity contribution in [1.82, 2.24) is 14.8 Å². The van der Waals surface area contributed by atoms with Gasteiger partial charge in [0.2, 0.25) is 5.95 Å². The molecule has 0 bridgehead atoms. The number of benzene rings is 1. The molecule has 4 nitrogen and oxygen atoms in total. The molecule has 0 atom stereocenters. The van der Waals surface area contributed by atoms with Crippen molar-refractivity contribution in [2.24, 2.45) is 13.0 Å². The van der Waals surface area contributed by atoms with Crippen molar-refractivity contribution < 1.29 is 0 Å². The van der Waals surface area contributed by atoms with Gasteiger partial charge in [0, 0.05) is 20.1 Å². The van der Waals surface area contributed by atoms with Gasteiger partial charge >= 0.3 is 0 Å². The Labute approximate surface area is 120 Å². The van der Waals surface area contributed by atoms with Crippen LogP contribution in [0.15, 0.2) is 30.6 Å². The fraction of sp³-hybridized carbons (Fsp3) is 0.500. The Kier molecular flexibility index (Phi) is 3.72. The van der Waals surface area contributed by atoms with E-state index in [-0.39, 0.29) is 0 Å². The van der Waals surface area contributed by atoms with Gasteiger partial charge in [-0.1, -0.05) is 29.8 Å². The second-order valence-corrected chi connectivity index (χ2v) is 5.80.